The molecule has 0 N–H and O–H groups in total. The minimum atomic E-state index is -3.09. The van der Waals surface area contributed by atoms with Crippen molar-refractivity contribution in [3.05, 3.63) is 23.3 Å². The minimum Gasteiger partial charge on any atom is -0.493 e. The number of nitrogens with zero attached hydrogens (tertiary/aromatic N) is 1. The highest BCUT2D eigenvalue weighted by atomic mass is 19.3. The lowest BCUT2D eigenvalue weighted by Crippen LogP contribution is -2.11. The van der Waals surface area contributed by atoms with E-state index in [1.54, 1.807) is 0 Å². The second-order valence-electron chi connectivity index (χ2n) is 2.69. The van der Waals surface area contributed by atoms with Crippen molar-refractivity contribution in [3.8, 4) is 5.75 Å². The van der Waals surface area contributed by atoms with E-state index in [4.69, 9.17) is 0 Å². The molecule has 4 nitrogen and oxygen atoms in total. The number of hydrogen-bond donors (Lipinski definition) is 0. The highest BCUT2D eigenvalue weighted by Gasteiger charge is 2.27. The van der Waals surface area contributed by atoms with Crippen molar-refractivity contribution in [1.29, 1.82) is 0 Å². The minimum absolute atomic E-state index is 0.622. The van der Waals surface area contributed by atoms with Gasteiger partial charge in [0.25, 0.3) is 6.43 Å². The number of carbonyl (C=O) groups excluding carboxylic acids is 1. The third-order valence-electron chi connectivity index (χ3n) is 1.82. The van der Waals surface area contributed by atoms with Crippen LogP contribution < -0.4 is 4.74 Å². The van der Waals surface area contributed by atoms with Crippen molar-refractivity contribution in [2.45, 2.75) is 6.43 Å². The van der Waals surface area contributed by atoms with Gasteiger partial charge in [-0.1, -0.05) is 0 Å². The smallest absolute Gasteiger partial charge is 0.357 e. The fraction of sp³-hybridized carbons (Fsp3) is 0.333. The summed E-state index contributed by atoms with van der Waals surface area (Å²) in [6.45, 7) is 0. The molecule has 0 aliphatic heterocycles. The standard InChI is InChI=1S/C9H8F3NO3/c1-15-7-4(10)3-13-6(9(14)16-2)5(7)8(11)12/h3,8H,1-2H3. The van der Waals surface area contributed by atoms with Crippen LogP contribution in [-0.4, -0.2) is 25.2 Å². The van der Waals surface area contributed by atoms with E-state index in [-0.39, 0.29) is 0 Å². The summed E-state index contributed by atoms with van der Waals surface area (Å²) in [4.78, 5) is 14.4. The Morgan fingerprint density at radius 1 is 1.44 bits per heavy atom. The molecule has 0 aliphatic rings. The molecule has 1 aromatic heterocycles. The molecule has 0 saturated carbocycles. The maximum atomic E-state index is 13.1. The van der Waals surface area contributed by atoms with Crippen LogP contribution in [0.5, 0.6) is 5.75 Å². The van der Waals surface area contributed by atoms with E-state index in [1.165, 1.54) is 0 Å². The topological polar surface area (TPSA) is 48.4 Å². The predicted molar refractivity (Wildman–Crippen MR) is 47.0 cm³/mol. The van der Waals surface area contributed by atoms with Crippen LogP contribution in [0.3, 0.4) is 0 Å². The van der Waals surface area contributed by atoms with Gasteiger partial charge in [-0.2, -0.15) is 0 Å². The number of esters is 1. The number of carbonyl (C=O) groups is 1. The maximum Gasteiger partial charge on any atom is 0.357 e. The average Bonchev–Trinajstić information content (AvgIpc) is 2.27. The quantitative estimate of drug-likeness (QED) is 0.751. The number of methoxy groups -OCH3 is 2. The summed E-state index contributed by atoms with van der Waals surface area (Å²) >= 11 is 0. The molecule has 1 aromatic rings. The van der Waals surface area contributed by atoms with Gasteiger partial charge in [-0.3, -0.25) is 0 Å². The molecule has 88 valence electrons. The molecule has 1 rings (SSSR count). The number of aromatic nitrogens is 1. The number of rotatable bonds is 3. The van der Waals surface area contributed by atoms with E-state index in [9.17, 15) is 18.0 Å². The molecule has 1 heterocycles. The predicted octanol–water partition coefficient (Wildman–Crippen LogP) is 1.95. The largest absolute Gasteiger partial charge is 0.493 e. The van der Waals surface area contributed by atoms with Gasteiger partial charge in [0.15, 0.2) is 17.3 Å². The second kappa shape index (κ2) is 4.82. The zero-order valence-corrected chi connectivity index (χ0v) is 8.46. The van der Waals surface area contributed by atoms with Crippen molar-refractivity contribution in [2.24, 2.45) is 0 Å². The van der Waals surface area contributed by atoms with Crippen molar-refractivity contribution < 1.29 is 27.4 Å². The average molecular weight is 235 g/mol. The molecule has 0 saturated heterocycles. The fourth-order valence-electron chi connectivity index (χ4n) is 1.15. The molecule has 0 aromatic carbocycles. The summed E-state index contributed by atoms with van der Waals surface area (Å²) in [5, 5.41) is 0. The van der Waals surface area contributed by atoms with E-state index >= 15 is 0 Å². The van der Waals surface area contributed by atoms with Crippen LogP contribution >= 0.6 is 0 Å². The Labute approximate surface area is 89.0 Å². The van der Waals surface area contributed by atoms with Crippen molar-refractivity contribution in [2.75, 3.05) is 14.2 Å². The van der Waals surface area contributed by atoms with Crippen LogP contribution in [0.15, 0.2) is 6.20 Å². The van der Waals surface area contributed by atoms with E-state index in [2.05, 4.69) is 14.5 Å². The van der Waals surface area contributed by atoms with Crippen LogP contribution in [0.2, 0.25) is 0 Å². The Balaban J connectivity index is 3.45. The van der Waals surface area contributed by atoms with Gasteiger partial charge in [-0.15, -0.1) is 0 Å². The molecule has 0 bridgehead atoms. The summed E-state index contributed by atoms with van der Waals surface area (Å²) in [7, 11) is 2.03. The molecule has 7 heteroatoms. The van der Waals surface area contributed by atoms with Crippen LogP contribution in [0.4, 0.5) is 13.2 Å². The Bertz CT molecular complexity index is 409. The lowest BCUT2D eigenvalue weighted by atomic mass is 10.1. The van der Waals surface area contributed by atoms with Crippen LogP contribution in [0.25, 0.3) is 0 Å². The molecular weight excluding hydrogens is 227 g/mol. The van der Waals surface area contributed by atoms with Gasteiger partial charge in [0, 0.05) is 0 Å². The van der Waals surface area contributed by atoms with Crippen molar-refractivity contribution in [3.63, 3.8) is 0 Å². The summed E-state index contributed by atoms with van der Waals surface area (Å²) in [5.41, 5.74) is -1.56. The Morgan fingerprint density at radius 3 is 2.50 bits per heavy atom. The number of ether oxygens (including phenoxy) is 2. The van der Waals surface area contributed by atoms with Gasteiger partial charge in [0.2, 0.25) is 0 Å². The molecule has 16 heavy (non-hydrogen) atoms. The monoisotopic (exact) mass is 235 g/mol. The molecule has 0 atom stereocenters. The van der Waals surface area contributed by atoms with E-state index in [0.29, 0.717) is 6.20 Å². The summed E-state index contributed by atoms with van der Waals surface area (Å²) in [6, 6.07) is 0. The van der Waals surface area contributed by atoms with Gasteiger partial charge in [-0.05, 0) is 0 Å². The first-order valence-corrected chi connectivity index (χ1v) is 4.11. The van der Waals surface area contributed by atoms with Crippen molar-refractivity contribution in [1.82, 2.24) is 4.98 Å². The van der Waals surface area contributed by atoms with E-state index < -0.39 is 35.2 Å². The zero-order valence-electron chi connectivity index (χ0n) is 8.46. The lowest BCUT2D eigenvalue weighted by Gasteiger charge is -2.11. The third-order valence-corrected chi connectivity index (χ3v) is 1.82. The van der Waals surface area contributed by atoms with Gasteiger partial charge in [-0.25, -0.2) is 22.9 Å². The Kier molecular flexibility index (Phi) is 3.70. The Morgan fingerprint density at radius 2 is 2.06 bits per heavy atom. The molecule has 0 radical (unpaired) electrons. The van der Waals surface area contributed by atoms with Gasteiger partial charge in [0.05, 0.1) is 26.0 Å². The highest BCUT2D eigenvalue weighted by molar-refractivity contribution is 5.89. The third kappa shape index (κ3) is 2.07. The zero-order chi connectivity index (χ0) is 12.3. The maximum absolute atomic E-state index is 13.1. The number of pyridine rings is 1. The SMILES string of the molecule is COC(=O)c1ncc(F)c(OC)c1C(F)F. The van der Waals surface area contributed by atoms with E-state index in [1.807, 2.05) is 0 Å². The first-order valence-electron chi connectivity index (χ1n) is 4.11. The molecular formula is C9H8F3NO3. The molecule has 0 aliphatic carbocycles. The lowest BCUT2D eigenvalue weighted by molar-refractivity contribution is 0.0579. The van der Waals surface area contributed by atoms with Crippen molar-refractivity contribution >= 4 is 5.97 Å². The Hall–Kier alpha value is -1.79. The summed E-state index contributed by atoms with van der Waals surface area (Å²) in [5.74, 6) is -2.84. The fourth-order valence-corrected chi connectivity index (χ4v) is 1.15. The van der Waals surface area contributed by atoms with E-state index in [0.717, 1.165) is 14.2 Å². The normalized spacial score (nSPS) is 10.4. The van der Waals surface area contributed by atoms with Crippen LogP contribution in [-0.2, 0) is 4.74 Å². The molecule has 0 unspecified atom stereocenters. The first-order chi connectivity index (χ1) is 7.52. The van der Waals surface area contributed by atoms with Gasteiger partial charge < -0.3 is 9.47 Å². The number of alkyl halides is 2. The van der Waals surface area contributed by atoms with Crippen LogP contribution in [0, 0.1) is 5.82 Å². The summed E-state index contributed by atoms with van der Waals surface area (Å²) in [6.07, 6.45) is -2.47. The van der Waals surface area contributed by atoms with Gasteiger partial charge in [0.1, 0.15) is 0 Å². The second-order valence-corrected chi connectivity index (χ2v) is 2.69. The number of hydrogen-bond acceptors (Lipinski definition) is 4. The molecule has 0 spiro atoms. The highest BCUT2D eigenvalue weighted by Crippen LogP contribution is 2.33. The molecule has 0 fully saturated rings. The summed E-state index contributed by atoms with van der Waals surface area (Å²) < 4.78 is 47.1. The molecule has 0 amide bonds. The van der Waals surface area contributed by atoms with Crippen LogP contribution in [0.1, 0.15) is 22.5 Å². The number of halogens is 3. The first kappa shape index (κ1) is 12.3. The van der Waals surface area contributed by atoms with Gasteiger partial charge >= 0.3 is 5.97 Å².